The summed E-state index contributed by atoms with van der Waals surface area (Å²) in [6, 6.07) is 13.4. The summed E-state index contributed by atoms with van der Waals surface area (Å²) in [6.07, 6.45) is 4.75. The molecule has 1 saturated carbocycles. The fourth-order valence-corrected chi connectivity index (χ4v) is 4.23. The summed E-state index contributed by atoms with van der Waals surface area (Å²) >= 11 is 0. The van der Waals surface area contributed by atoms with E-state index in [0.29, 0.717) is 12.1 Å². The molecule has 1 fully saturated rings. The molecule has 7 nitrogen and oxygen atoms in total. The van der Waals surface area contributed by atoms with Gasteiger partial charge in [-0.2, -0.15) is 0 Å². The number of rotatable bonds is 8. The summed E-state index contributed by atoms with van der Waals surface area (Å²) in [5.41, 5.74) is 1.28. The highest BCUT2D eigenvalue weighted by atomic mass is 32.2. The van der Waals surface area contributed by atoms with Gasteiger partial charge in [-0.15, -0.1) is 0 Å². The van der Waals surface area contributed by atoms with Gasteiger partial charge in [0.05, 0.1) is 18.1 Å². The second-order valence-corrected chi connectivity index (χ2v) is 8.87. The van der Waals surface area contributed by atoms with E-state index >= 15 is 0 Å². The number of nitrogens with one attached hydrogen (secondary N) is 1. The minimum atomic E-state index is -3.74. The molecule has 0 aromatic heterocycles. The molecule has 1 amide bonds. The van der Waals surface area contributed by atoms with Gasteiger partial charge >= 0.3 is 0 Å². The standard InChI is InChI=1S/C21H26N2O5S/c1-23(27-2)29(25,26)19-13-11-16(12-14-19)21(24)22-15-17-7-3-6-10-20(17)28-18-8-4-5-9-18/h3,6-7,10-14,18H,4-5,8-9,15H2,1-2H3,(H,22,24). The van der Waals surface area contributed by atoms with Crippen molar-refractivity contribution in [3.63, 3.8) is 0 Å². The van der Waals surface area contributed by atoms with Crippen molar-refractivity contribution < 1.29 is 22.8 Å². The number of sulfonamides is 1. The normalized spacial score (nSPS) is 14.9. The maximum Gasteiger partial charge on any atom is 0.264 e. The predicted octanol–water partition coefficient (Wildman–Crippen LogP) is 3.12. The lowest BCUT2D eigenvalue weighted by atomic mass is 10.1. The molecule has 2 aromatic carbocycles. The van der Waals surface area contributed by atoms with Crippen LogP contribution in [0.1, 0.15) is 41.6 Å². The van der Waals surface area contributed by atoms with Crippen LogP contribution in [0.3, 0.4) is 0 Å². The molecule has 0 bridgehead atoms. The molecule has 0 spiro atoms. The van der Waals surface area contributed by atoms with E-state index in [-0.39, 0.29) is 16.9 Å². The lowest BCUT2D eigenvalue weighted by Crippen LogP contribution is -2.26. The van der Waals surface area contributed by atoms with Gasteiger partial charge in [0, 0.05) is 24.7 Å². The molecule has 0 atom stereocenters. The van der Waals surface area contributed by atoms with Gasteiger partial charge < -0.3 is 10.1 Å². The lowest BCUT2D eigenvalue weighted by Gasteiger charge is -2.17. The van der Waals surface area contributed by atoms with E-state index in [2.05, 4.69) is 5.32 Å². The minimum Gasteiger partial charge on any atom is -0.490 e. The van der Waals surface area contributed by atoms with Crippen molar-refractivity contribution in [1.82, 2.24) is 9.79 Å². The van der Waals surface area contributed by atoms with Crippen molar-refractivity contribution in [2.75, 3.05) is 14.2 Å². The first kappa shape index (κ1) is 21.3. The number of ether oxygens (including phenoxy) is 1. The zero-order valence-electron chi connectivity index (χ0n) is 16.6. The molecule has 0 aliphatic heterocycles. The number of carbonyl (C=O) groups is 1. The fraction of sp³-hybridized carbons (Fsp3) is 0.381. The van der Waals surface area contributed by atoms with Crippen LogP contribution >= 0.6 is 0 Å². The average molecular weight is 419 g/mol. The number of hydroxylamine groups is 1. The topological polar surface area (TPSA) is 84.9 Å². The van der Waals surface area contributed by atoms with Gasteiger partial charge in [-0.1, -0.05) is 22.7 Å². The number of hydrogen-bond donors (Lipinski definition) is 1. The van der Waals surface area contributed by atoms with Gasteiger partial charge in [-0.3, -0.25) is 9.63 Å². The fourth-order valence-electron chi connectivity index (χ4n) is 3.25. The zero-order chi connectivity index (χ0) is 20.9. The van der Waals surface area contributed by atoms with E-state index in [0.717, 1.165) is 28.6 Å². The maximum absolute atomic E-state index is 12.5. The van der Waals surface area contributed by atoms with Gasteiger partial charge in [-0.25, -0.2) is 8.42 Å². The van der Waals surface area contributed by atoms with E-state index in [9.17, 15) is 13.2 Å². The number of nitrogens with zero attached hydrogens (tertiary/aromatic N) is 1. The van der Waals surface area contributed by atoms with Crippen LogP contribution in [0, 0.1) is 0 Å². The van der Waals surface area contributed by atoms with Crippen LogP contribution in [0.4, 0.5) is 0 Å². The quantitative estimate of drug-likeness (QED) is 0.666. The molecule has 1 aliphatic carbocycles. The third kappa shape index (κ3) is 5.14. The molecule has 8 heteroatoms. The summed E-state index contributed by atoms with van der Waals surface area (Å²) < 4.78 is 31.3. The highest BCUT2D eigenvalue weighted by Crippen LogP contribution is 2.26. The molecule has 0 heterocycles. The third-order valence-corrected chi connectivity index (χ3v) is 6.71. The molecular weight excluding hydrogens is 392 g/mol. The SMILES string of the molecule is CON(C)S(=O)(=O)c1ccc(C(=O)NCc2ccccc2OC2CCCC2)cc1. The summed E-state index contributed by atoms with van der Waals surface area (Å²) in [5, 5.41) is 2.87. The van der Waals surface area contributed by atoms with Crippen molar-refractivity contribution >= 4 is 15.9 Å². The predicted molar refractivity (Wildman–Crippen MR) is 109 cm³/mol. The Morgan fingerprint density at radius 3 is 2.41 bits per heavy atom. The van der Waals surface area contributed by atoms with Crippen LogP contribution in [0.15, 0.2) is 53.4 Å². The van der Waals surface area contributed by atoms with Crippen molar-refractivity contribution in [3.8, 4) is 5.75 Å². The summed E-state index contributed by atoms with van der Waals surface area (Å²) in [7, 11) is -1.16. The first-order chi connectivity index (χ1) is 13.9. The molecular formula is C21H26N2O5S. The van der Waals surface area contributed by atoms with Gasteiger partial charge in [0.25, 0.3) is 15.9 Å². The van der Waals surface area contributed by atoms with Crippen LogP contribution in [0.5, 0.6) is 5.75 Å². The van der Waals surface area contributed by atoms with E-state index in [1.54, 1.807) is 0 Å². The van der Waals surface area contributed by atoms with Crippen LogP contribution < -0.4 is 10.1 Å². The molecule has 1 aliphatic rings. The minimum absolute atomic E-state index is 0.0497. The van der Waals surface area contributed by atoms with Crippen LogP contribution in [-0.4, -0.2) is 39.1 Å². The molecule has 156 valence electrons. The Morgan fingerprint density at radius 2 is 1.76 bits per heavy atom. The number of hydrogen-bond acceptors (Lipinski definition) is 5. The third-order valence-electron chi connectivity index (χ3n) is 5.02. The lowest BCUT2D eigenvalue weighted by molar-refractivity contribution is -0.0258. The molecule has 0 radical (unpaired) electrons. The Labute approximate surface area is 171 Å². The van der Waals surface area contributed by atoms with E-state index < -0.39 is 10.0 Å². The molecule has 3 rings (SSSR count). The highest BCUT2D eigenvalue weighted by Gasteiger charge is 2.21. The van der Waals surface area contributed by atoms with Crippen LogP contribution in [0.25, 0.3) is 0 Å². The van der Waals surface area contributed by atoms with Gasteiger partial charge in [-0.05, 0) is 56.0 Å². The van der Waals surface area contributed by atoms with E-state index in [1.165, 1.54) is 51.3 Å². The largest absolute Gasteiger partial charge is 0.490 e. The summed E-state index contributed by atoms with van der Waals surface area (Å²) in [6.45, 7) is 0.328. The Kier molecular flexibility index (Phi) is 6.89. The van der Waals surface area contributed by atoms with Crippen molar-refractivity contribution in [3.05, 3.63) is 59.7 Å². The highest BCUT2D eigenvalue weighted by molar-refractivity contribution is 7.89. The second-order valence-electron chi connectivity index (χ2n) is 6.94. The molecule has 29 heavy (non-hydrogen) atoms. The summed E-state index contributed by atoms with van der Waals surface area (Å²) in [4.78, 5) is 17.3. The first-order valence-corrected chi connectivity index (χ1v) is 11.0. The van der Waals surface area contributed by atoms with E-state index in [1.807, 2.05) is 24.3 Å². The van der Waals surface area contributed by atoms with Crippen LogP contribution in [-0.2, 0) is 21.4 Å². The Balaban J connectivity index is 1.64. The molecule has 2 aromatic rings. The Bertz CT molecular complexity index is 938. The van der Waals surface area contributed by atoms with Crippen LogP contribution in [0.2, 0.25) is 0 Å². The molecule has 1 N–H and O–H groups in total. The van der Waals surface area contributed by atoms with E-state index in [4.69, 9.17) is 9.57 Å². The van der Waals surface area contributed by atoms with Crippen molar-refractivity contribution in [2.45, 2.75) is 43.2 Å². The number of benzene rings is 2. The number of para-hydroxylation sites is 1. The summed E-state index contributed by atoms with van der Waals surface area (Å²) in [5.74, 6) is 0.508. The zero-order valence-corrected chi connectivity index (χ0v) is 17.4. The number of amides is 1. The Morgan fingerprint density at radius 1 is 1.10 bits per heavy atom. The van der Waals surface area contributed by atoms with Crippen molar-refractivity contribution in [2.24, 2.45) is 0 Å². The number of carbonyl (C=O) groups excluding carboxylic acids is 1. The maximum atomic E-state index is 12.5. The van der Waals surface area contributed by atoms with Gasteiger partial charge in [0.2, 0.25) is 0 Å². The van der Waals surface area contributed by atoms with Gasteiger partial charge in [0.15, 0.2) is 0 Å². The monoisotopic (exact) mass is 418 g/mol. The smallest absolute Gasteiger partial charge is 0.264 e. The first-order valence-electron chi connectivity index (χ1n) is 9.57. The molecule has 0 saturated heterocycles. The molecule has 0 unspecified atom stereocenters. The second kappa shape index (κ2) is 9.39. The van der Waals surface area contributed by atoms with Crippen molar-refractivity contribution in [1.29, 1.82) is 0 Å². The average Bonchev–Trinajstić information content (AvgIpc) is 3.25. The van der Waals surface area contributed by atoms with Gasteiger partial charge in [0.1, 0.15) is 5.75 Å². The Hall–Kier alpha value is -2.42.